The van der Waals surface area contributed by atoms with Crippen LogP contribution in [0, 0.1) is 5.92 Å². The number of benzene rings is 4. The number of esters is 1. The first kappa shape index (κ1) is 82.9. The number of rotatable bonds is 22. The molecule has 7 N–H and O–H groups in total. The summed E-state index contributed by atoms with van der Waals surface area (Å²) in [5.74, 6) is -7.29. The Kier molecular flexibility index (Phi) is 33.8. The van der Waals surface area contributed by atoms with Crippen LogP contribution in [0.5, 0.6) is 0 Å². The summed E-state index contributed by atoms with van der Waals surface area (Å²) in [4.78, 5) is 164. The number of nitrogens with zero attached hydrogens (tertiary/aromatic N) is 5. The summed E-state index contributed by atoms with van der Waals surface area (Å²) in [5.41, 5.74) is 2.56. The number of nitrogens with one attached hydrogen (secondary N) is 6. The second kappa shape index (κ2) is 41.2. The van der Waals surface area contributed by atoms with Gasteiger partial charge in [-0.05, 0) is 74.8 Å². The topological polar surface area (TPSA) is 315 Å². The predicted molar refractivity (Wildman–Crippen MR) is 390 cm³/mol. The summed E-state index contributed by atoms with van der Waals surface area (Å²) in [6, 6.07) is 24.0. The van der Waals surface area contributed by atoms with Crippen LogP contribution in [0.3, 0.4) is 0 Å². The fourth-order valence-corrected chi connectivity index (χ4v) is 13.5. The van der Waals surface area contributed by atoms with Crippen molar-refractivity contribution < 1.29 is 67.3 Å². The van der Waals surface area contributed by atoms with Crippen molar-refractivity contribution in [2.24, 2.45) is 5.92 Å². The smallest absolute Gasteiger partial charge is 0.408 e. The Bertz CT molecular complexity index is 3390. The molecule has 27 heteroatoms. The first-order chi connectivity index (χ1) is 47.9. The van der Waals surface area contributed by atoms with Gasteiger partial charge in [-0.15, -0.1) is 0 Å². The van der Waals surface area contributed by atoms with Crippen molar-refractivity contribution in [3.8, 4) is 0 Å². The predicted octanol–water partition coefficient (Wildman–Crippen LogP) is 4.84. The van der Waals surface area contributed by atoms with E-state index in [1.807, 2.05) is 34.6 Å². The molecular weight excluding hydrogens is 1330 g/mol. The van der Waals surface area contributed by atoms with Gasteiger partial charge in [0.15, 0.2) is 6.61 Å². The molecule has 1 aliphatic rings. The number of aliphatic hydroxyl groups is 1. The normalized spacial score (nSPS) is 22.5. The van der Waals surface area contributed by atoms with Crippen LogP contribution in [0.25, 0.3) is 0 Å². The van der Waals surface area contributed by atoms with Crippen LogP contribution in [0.4, 0.5) is 4.79 Å². The highest BCUT2D eigenvalue weighted by atomic mass is 33.1. The lowest BCUT2D eigenvalue weighted by molar-refractivity contribution is -0.156. The summed E-state index contributed by atoms with van der Waals surface area (Å²) >= 11 is 0. The molecule has 1 saturated heterocycles. The molecule has 101 heavy (non-hydrogen) atoms. The third-order valence-electron chi connectivity index (χ3n) is 17.1. The molecule has 5 rings (SSSR count). The molecule has 4 aromatic carbocycles. The third-order valence-corrected chi connectivity index (χ3v) is 20.4. The lowest BCUT2D eigenvalue weighted by Gasteiger charge is -2.38. The number of amides is 10. The molecule has 0 aliphatic carbocycles. The van der Waals surface area contributed by atoms with Gasteiger partial charge in [-0.25, -0.2) is 9.59 Å². The molecule has 0 radical (unpaired) electrons. The number of hydrogen-bond acceptors (Lipinski definition) is 17. The van der Waals surface area contributed by atoms with Crippen LogP contribution in [-0.2, 0) is 83.1 Å². The van der Waals surface area contributed by atoms with Crippen molar-refractivity contribution in [2.75, 3.05) is 67.3 Å². The fraction of sp³-hybridized carbons (Fsp3) is 0.500. The Morgan fingerprint density at radius 2 is 1.13 bits per heavy atom. The second-order valence-electron chi connectivity index (χ2n) is 26.8. The van der Waals surface area contributed by atoms with E-state index >= 15 is 9.59 Å². The molecular formula is C74H103N11O14S2. The SMILES string of the molecule is C=CCOC(=O)N[C@@H](CSSC(C)(C)C)C(=O)NCCCC[C@@H]1NC(=O)[C@H](Cc2ccccc2)N(C)C(=O)COC(=O)[C@H](Cc2ccccc2)NC(=O)[C@H](C)N(C)C(=O)[C@H](C)NC(=O)[C@H](Cc2ccccc2)N(C)C(=O)CN(C)C(=O)[C@H](Cc2ccccc2)NC(=O)C(CC(C)C)N(C)C1O. The van der Waals surface area contributed by atoms with E-state index in [-0.39, 0.29) is 80.9 Å². The maximum absolute atomic E-state index is 15.3. The number of hydrogen-bond donors (Lipinski definition) is 7. The first-order valence-corrected chi connectivity index (χ1v) is 36.3. The summed E-state index contributed by atoms with van der Waals surface area (Å²) in [6.07, 6.45) is -0.624. The maximum Gasteiger partial charge on any atom is 0.408 e. The molecule has 4 aromatic rings. The van der Waals surface area contributed by atoms with Gasteiger partial charge in [0.1, 0.15) is 55.1 Å². The molecule has 1 heterocycles. The summed E-state index contributed by atoms with van der Waals surface area (Å²) in [5, 5.41) is 29.7. The van der Waals surface area contributed by atoms with Gasteiger partial charge in [0.25, 0.3) is 5.91 Å². The molecule has 10 amide bonds. The van der Waals surface area contributed by atoms with Gasteiger partial charge in [-0.3, -0.25) is 48.1 Å². The number of likely N-dealkylation sites (N-methyl/N-ethyl adjacent to an activating group) is 5. The molecule has 550 valence electrons. The molecule has 1 fully saturated rings. The number of cyclic esters (lactones) is 1. The van der Waals surface area contributed by atoms with Gasteiger partial charge in [-0.2, -0.15) is 0 Å². The molecule has 1 aliphatic heterocycles. The molecule has 25 nitrogen and oxygen atoms in total. The number of alkyl carbamates (subject to hydrolysis) is 1. The molecule has 0 spiro atoms. The van der Waals surface area contributed by atoms with Crippen LogP contribution in [0.15, 0.2) is 134 Å². The molecule has 0 saturated carbocycles. The zero-order valence-electron chi connectivity index (χ0n) is 60.2. The first-order valence-electron chi connectivity index (χ1n) is 34.0. The zero-order valence-corrected chi connectivity index (χ0v) is 61.8. The van der Waals surface area contributed by atoms with E-state index in [0.717, 1.165) is 14.7 Å². The van der Waals surface area contributed by atoms with Crippen molar-refractivity contribution in [2.45, 2.75) is 165 Å². The van der Waals surface area contributed by atoms with E-state index in [0.29, 0.717) is 22.3 Å². The van der Waals surface area contributed by atoms with Crippen LogP contribution in [0.1, 0.15) is 96.4 Å². The van der Waals surface area contributed by atoms with Crippen LogP contribution >= 0.6 is 21.6 Å². The number of aliphatic hydroxyl groups excluding tert-OH is 1. The number of carbonyl (C=O) groups excluding carboxylic acids is 11. The Morgan fingerprint density at radius 3 is 1.64 bits per heavy atom. The van der Waals surface area contributed by atoms with E-state index in [2.05, 4.69) is 38.5 Å². The van der Waals surface area contributed by atoms with Crippen LogP contribution in [-0.4, -0.2) is 227 Å². The third kappa shape index (κ3) is 27.3. The average molecular weight is 1430 g/mol. The van der Waals surface area contributed by atoms with E-state index in [9.17, 15) is 48.3 Å². The number of carbonyl (C=O) groups is 11. The fourth-order valence-electron chi connectivity index (χ4n) is 11.1. The minimum Gasteiger partial charge on any atom is -0.454 e. The van der Waals surface area contributed by atoms with Crippen LogP contribution < -0.4 is 31.9 Å². The van der Waals surface area contributed by atoms with Crippen LogP contribution in [0.2, 0.25) is 0 Å². The van der Waals surface area contributed by atoms with Gasteiger partial charge in [-0.1, -0.05) is 190 Å². The highest BCUT2D eigenvalue weighted by molar-refractivity contribution is 8.77. The Morgan fingerprint density at radius 1 is 0.644 bits per heavy atom. The van der Waals surface area contributed by atoms with E-state index in [4.69, 9.17) is 9.47 Å². The van der Waals surface area contributed by atoms with Crippen molar-refractivity contribution in [3.05, 3.63) is 156 Å². The van der Waals surface area contributed by atoms with Gasteiger partial charge in [0.05, 0.1) is 18.6 Å². The van der Waals surface area contributed by atoms with Crippen molar-refractivity contribution in [1.29, 1.82) is 0 Å². The Labute approximate surface area is 602 Å². The Hall–Kier alpha value is -8.79. The number of unbranched alkanes of at least 4 members (excludes halogenated alkanes) is 1. The minimum absolute atomic E-state index is 0.0176. The standard InChI is InChI=1S/C74H103N11O14S2/c1-14-39-98-73(97)80-58(47-100-101-74(6,7)8)65(89)75-38-28-27-37-55-71(95)85(13)59(40-48(2)3)67(91)78-56(41-51-29-19-15-20-30-51)70(94)81(9)45-62(86)83(11)60(43-53-33-23-17-24-34-53)66(90)76-49(4)69(93)82(10)50(5)64(88)79-57(42-52-31-21-16-22-32-52)72(96)99-46-63(87)84(12)61(68(92)77-55)44-54-35-25-18-26-36-54/h14-26,29-36,48-50,55-61,71,95H,1,27-28,37-47H2,2-13H3,(H,75,89)(H,76,90)(H,77,92)(H,78,91)(H,79,88)(H,80,97)/t49-,50-,55-,56-,57-,58-,59?,60-,61-,71?/m0/s1. The van der Waals surface area contributed by atoms with Gasteiger partial charge in [0.2, 0.25) is 47.3 Å². The average Bonchev–Trinajstić information content (AvgIpc) is 0.836. The van der Waals surface area contributed by atoms with Crippen molar-refractivity contribution in [3.63, 3.8) is 0 Å². The van der Waals surface area contributed by atoms with E-state index in [1.54, 1.807) is 121 Å². The minimum atomic E-state index is -1.66. The summed E-state index contributed by atoms with van der Waals surface area (Å²) in [7, 11) is 9.96. The lowest BCUT2D eigenvalue weighted by Crippen LogP contribution is -2.61. The molecule has 0 aromatic heterocycles. The zero-order chi connectivity index (χ0) is 74.5. The maximum atomic E-state index is 15.3. The van der Waals surface area contributed by atoms with Crippen molar-refractivity contribution in [1.82, 2.24) is 56.4 Å². The highest BCUT2D eigenvalue weighted by Crippen LogP contribution is 2.35. The monoisotopic (exact) mass is 1430 g/mol. The largest absolute Gasteiger partial charge is 0.454 e. The highest BCUT2D eigenvalue weighted by Gasteiger charge is 2.40. The summed E-state index contributed by atoms with van der Waals surface area (Å²) in [6.45, 7) is 14.8. The quantitative estimate of drug-likeness (QED) is 0.0239. The van der Waals surface area contributed by atoms with Gasteiger partial charge >= 0.3 is 12.1 Å². The van der Waals surface area contributed by atoms with E-state index in [1.165, 1.54) is 86.5 Å². The second-order valence-corrected chi connectivity index (χ2v) is 29.9. The lowest BCUT2D eigenvalue weighted by atomic mass is 9.98. The molecule has 2 unspecified atom stereocenters. The molecule has 0 bridgehead atoms. The molecule has 10 atom stereocenters. The van der Waals surface area contributed by atoms with Crippen molar-refractivity contribution >= 4 is 86.8 Å². The van der Waals surface area contributed by atoms with Gasteiger partial charge < -0.3 is 66.1 Å². The summed E-state index contributed by atoms with van der Waals surface area (Å²) < 4.78 is 10.7. The Balaban J connectivity index is 1.59. The van der Waals surface area contributed by atoms with Gasteiger partial charge in [0, 0.05) is 70.9 Å². The number of ether oxygens (including phenoxy) is 2. The van der Waals surface area contributed by atoms with E-state index < -0.39 is 139 Å².